The van der Waals surface area contributed by atoms with Gasteiger partial charge in [-0.2, -0.15) is 5.10 Å². The van der Waals surface area contributed by atoms with E-state index >= 15 is 0 Å². The van der Waals surface area contributed by atoms with E-state index in [0.717, 1.165) is 24.2 Å². The molecule has 152 valence electrons. The number of rotatable bonds is 6. The molecule has 1 aromatic heterocycles. The zero-order valence-electron chi connectivity index (χ0n) is 16.1. The minimum atomic E-state index is -0.593. The second-order valence-corrected chi connectivity index (χ2v) is 7.63. The van der Waals surface area contributed by atoms with Crippen molar-refractivity contribution in [3.8, 4) is 5.69 Å². The number of para-hydroxylation sites is 1. The van der Waals surface area contributed by atoms with Crippen molar-refractivity contribution in [2.24, 2.45) is 11.7 Å². The number of amides is 2. The number of hydrogen-bond acceptors (Lipinski definition) is 5. The summed E-state index contributed by atoms with van der Waals surface area (Å²) >= 11 is 0. The Hall–Kier alpha value is -3.16. The van der Waals surface area contributed by atoms with Crippen LogP contribution < -0.4 is 5.73 Å². The molecule has 1 aliphatic heterocycles. The van der Waals surface area contributed by atoms with Gasteiger partial charge in [0.2, 0.25) is 5.91 Å². The van der Waals surface area contributed by atoms with E-state index in [2.05, 4.69) is 5.10 Å². The number of esters is 1. The molecular formula is C21H24N4O4. The van der Waals surface area contributed by atoms with Crippen LogP contribution in [0.4, 0.5) is 0 Å². The summed E-state index contributed by atoms with van der Waals surface area (Å²) in [6, 6.07) is 11.1. The molecule has 8 nitrogen and oxygen atoms in total. The van der Waals surface area contributed by atoms with Crippen LogP contribution in [-0.4, -0.2) is 52.2 Å². The number of nitrogens with two attached hydrogens (primary N) is 1. The molecular weight excluding hydrogens is 372 g/mol. The first-order valence-electron chi connectivity index (χ1n) is 9.92. The van der Waals surface area contributed by atoms with Crippen molar-refractivity contribution in [2.75, 3.05) is 19.7 Å². The van der Waals surface area contributed by atoms with Crippen molar-refractivity contribution in [1.82, 2.24) is 14.7 Å². The maximum absolute atomic E-state index is 12.7. The van der Waals surface area contributed by atoms with E-state index < -0.39 is 11.9 Å². The van der Waals surface area contributed by atoms with E-state index in [9.17, 15) is 14.4 Å². The van der Waals surface area contributed by atoms with Crippen LogP contribution >= 0.6 is 0 Å². The number of nitrogens with zero attached hydrogens (tertiary/aromatic N) is 3. The summed E-state index contributed by atoms with van der Waals surface area (Å²) in [7, 11) is 0. The number of aromatic nitrogens is 2. The zero-order chi connectivity index (χ0) is 20.4. The molecule has 1 aromatic carbocycles. The highest BCUT2D eigenvalue weighted by Gasteiger charge is 2.31. The summed E-state index contributed by atoms with van der Waals surface area (Å²) in [4.78, 5) is 38.1. The van der Waals surface area contributed by atoms with Crippen LogP contribution in [0.15, 0.2) is 36.4 Å². The van der Waals surface area contributed by atoms with Gasteiger partial charge in [-0.25, -0.2) is 9.48 Å². The van der Waals surface area contributed by atoms with Crippen LogP contribution in [-0.2, 0) is 14.3 Å². The predicted molar refractivity (Wildman–Crippen MR) is 104 cm³/mol. The van der Waals surface area contributed by atoms with E-state index in [1.54, 1.807) is 10.7 Å². The Labute approximate surface area is 168 Å². The molecule has 1 atom stereocenters. The summed E-state index contributed by atoms with van der Waals surface area (Å²) in [6.07, 6.45) is 3.52. The van der Waals surface area contributed by atoms with E-state index in [-0.39, 0.29) is 25.0 Å². The molecule has 2 N–H and O–H groups in total. The van der Waals surface area contributed by atoms with Crippen LogP contribution in [0.5, 0.6) is 0 Å². The van der Waals surface area contributed by atoms with E-state index in [1.165, 1.54) is 4.90 Å². The molecule has 8 heteroatoms. The fraction of sp³-hybridized carbons (Fsp3) is 0.429. The average molecular weight is 396 g/mol. The van der Waals surface area contributed by atoms with Crippen LogP contribution in [0, 0.1) is 5.92 Å². The van der Waals surface area contributed by atoms with Crippen molar-refractivity contribution in [2.45, 2.75) is 31.6 Å². The van der Waals surface area contributed by atoms with Gasteiger partial charge in [-0.1, -0.05) is 18.2 Å². The fourth-order valence-corrected chi connectivity index (χ4v) is 3.62. The Morgan fingerprint density at radius 1 is 1.14 bits per heavy atom. The lowest BCUT2D eigenvalue weighted by atomic mass is 9.97. The standard InChI is InChI=1S/C21H24N4O4/c22-20(27)15-5-4-10-24(12-15)19(26)13-29-21(28)18-11-17(14-8-9-14)23-25(18)16-6-2-1-3-7-16/h1-3,6-7,11,14-15H,4-5,8-10,12-13H2,(H2,22,27)/t15-/m1/s1. The number of carbonyl (C=O) groups is 3. The van der Waals surface area contributed by atoms with Gasteiger partial charge in [-0.05, 0) is 43.9 Å². The van der Waals surface area contributed by atoms with Gasteiger partial charge in [-0.15, -0.1) is 0 Å². The van der Waals surface area contributed by atoms with Gasteiger partial charge in [0.25, 0.3) is 5.91 Å². The molecule has 0 spiro atoms. The van der Waals surface area contributed by atoms with Crippen molar-refractivity contribution in [3.63, 3.8) is 0 Å². The topological polar surface area (TPSA) is 108 Å². The molecule has 2 amide bonds. The summed E-state index contributed by atoms with van der Waals surface area (Å²) in [5.74, 6) is -1.28. The fourth-order valence-electron chi connectivity index (χ4n) is 3.62. The van der Waals surface area contributed by atoms with Gasteiger partial charge in [0, 0.05) is 19.0 Å². The molecule has 4 rings (SSSR count). The van der Waals surface area contributed by atoms with Crippen LogP contribution in [0.1, 0.15) is 47.8 Å². The predicted octanol–water partition coefficient (Wildman–Crippen LogP) is 1.63. The van der Waals surface area contributed by atoms with Gasteiger partial charge >= 0.3 is 5.97 Å². The zero-order valence-corrected chi connectivity index (χ0v) is 16.1. The molecule has 2 fully saturated rings. The molecule has 2 heterocycles. The number of likely N-dealkylation sites (tertiary alicyclic amines) is 1. The molecule has 1 saturated carbocycles. The number of carbonyl (C=O) groups excluding carboxylic acids is 3. The normalized spacial score (nSPS) is 19.0. The minimum Gasteiger partial charge on any atom is -0.451 e. The summed E-state index contributed by atoms with van der Waals surface area (Å²) in [5.41, 5.74) is 7.29. The smallest absolute Gasteiger partial charge is 0.357 e. The van der Waals surface area contributed by atoms with E-state index in [1.807, 2.05) is 30.3 Å². The van der Waals surface area contributed by atoms with Crippen LogP contribution in [0.3, 0.4) is 0 Å². The lowest BCUT2D eigenvalue weighted by Crippen LogP contribution is -2.45. The van der Waals surface area contributed by atoms with Gasteiger partial charge < -0.3 is 15.4 Å². The number of benzene rings is 1. The summed E-state index contributed by atoms with van der Waals surface area (Å²) in [6.45, 7) is 0.441. The largest absolute Gasteiger partial charge is 0.451 e. The van der Waals surface area contributed by atoms with Crippen molar-refractivity contribution in [1.29, 1.82) is 0 Å². The lowest BCUT2D eigenvalue weighted by molar-refractivity contribution is -0.137. The first-order chi connectivity index (χ1) is 14.0. The summed E-state index contributed by atoms with van der Waals surface area (Å²) in [5, 5.41) is 4.58. The number of piperidine rings is 1. The van der Waals surface area contributed by atoms with Gasteiger partial charge in [0.05, 0.1) is 17.3 Å². The molecule has 1 saturated heterocycles. The lowest BCUT2D eigenvalue weighted by Gasteiger charge is -2.31. The number of ether oxygens (including phenoxy) is 1. The third-order valence-electron chi connectivity index (χ3n) is 5.44. The Kier molecular flexibility index (Phi) is 5.33. The van der Waals surface area contributed by atoms with E-state index in [0.29, 0.717) is 31.0 Å². The third-order valence-corrected chi connectivity index (χ3v) is 5.44. The molecule has 2 aliphatic rings. The van der Waals surface area contributed by atoms with Crippen molar-refractivity contribution >= 4 is 17.8 Å². The SMILES string of the molecule is NC(=O)[C@@H]1CCCN(C(=O)COC(=O)c2cc(C3CC3)nn2-c2ccccc2)C1. The summed E-state index contributed by atoms with van der Waals surface area (Å²) < 4.78 is 6.88. The molecule has 0 unspecified atom stereocenters. The first kappa shape index (κ1) is 19.2. The van der Waals surface area contributed by atoms with Crippen LogP contribution in [0.2, 0.25) is 0 Å². The second kappa shape index (κ2) is 8.06. The van der Waals surface area contributed by atoms with Crippen molar-refractivity contribution < 1.29 is 19.1 Å². The number of hydrogen-bond donors (Lipinski definition) is 1. The highest BCUT2D eigenvalue weighted by Crippen LogP contribution is 2.39. The Balaban J connectivity index is 1.44. The quantitative estimate of drug-likeness (QED) is 0.747. The molecule has 1 aliphatic carbocycles. The molecule has 29 heavy (non-hydrogen) atoms. The van der Waals surface area contributed by atoms with Gasteiger partial charge in [0.15, 0.2) is 12.3 Å². The van der Waals surface area contributed by atoms with Gasteiger partial charge in [-0.3, -0.25) is 9.59 Å². The maximum atomic E-state index is 12.7. The highest BCUT2D eigenvalue weighted by atomic mass is 16.5. The number of primary amides is 1. The first-order valence-corrected chi connectivity index (χ1v) is 9.92. The molecule has 0 radical (unpaired) electrons. The monoisotopic (exact) mass is 396 g/mol. The van der Waals surface area contributed by atoms with E-state index in [4.69, 9.17) is 10.5 Å². The third kappa shape index (κ3) is 4.31. The Morgan fingerprint density at radius 2 is 1.90 bits per heavy atom. The Morgan fingerprint density at radius 3 is 2.59 bits per heavy atom. The minimum absolute atomic E-state index is 0.277. The average Bonchev–Trinajstić information content (AvgIpc) is 3.50. The molecule has 0 bridgehead atoms. The van der Waals surface area contributed by atoms with Crippen LogP contribution in [0.25, 0.3) is 5.69 Å². The highest BCUT2D eigenvalue weighted by molar-refractivity contribution is 5.90. The van der Waals surface area contributed by atoms with Gasteiger partial charge in [0.1, 0.15) is 0 Å². The maximum Gasteiger partial charge on any atom is 0.357 e. The second-order valence-electron chi connectivity index (χ2n) is 7.63. The Bertz CT molecular complexity index is 920. The molecule has 2 aromatic rings. The van der Waals surface area contributed by atoms with Crippen molar-refractivity contribution in [3.05, 3.63) is 47.8 Å².